The van der Waals surface area contributed by atoms with Crippen LogP contribution in [0, 0.1) is 5.92 Å². The molecule has 0 heterocycles. The highest BCUT2D eigenvalue weighted by molar-refractivity contribution is 7.89. The SMILES string of the molecule is CC(C)COc1ccc(S(=O)(=O)NCCC(O)c2ccccc2)cc1. The molecule has 0 fully saturated rings. The number of sulfonamides is 1. The molecule has 0 saturated carbocycles. The molecule has 0 amide bonds. The minimum absolute atomic E-state index is 0.157. The maximum absolute atomic E-state index is 12.3. The summed E-state index contributed by atoms with van der Waals surface area (Å²) in [5, 5.41) is 10.1. The Bertz CT molecular complexity index is 743. The maximum atomic E-state index is 12.3. The fraction of sp³-hybridized carbons (Fsp3) is 0.368. The molecule has 2 N–H and O–H groups in total. The number of ether oxygens (including phenoxy) is 1. The molecule has 2 rings (SSSR count). The Morgan fingerprint density at radius 1 is 1.04 bits per heavy atom. The van der Waals surface area contributed by atoms with Gasteiger partial charge in [-0.3, -0.25) is 0 Å². The Morgan fingerprint density at radius 2 is 1.68 bits per heavy atom. The second-order valence-corrected chi connectivity index (χ2v) is 8.06. The predicted octanol–water partition coefficient (Wildman–Crippen LogP) is 3.12. The van der Waals surface area contributed by atoms with Crippen LogP contribution in [0.2, 0.25) is 0 Å². The van der Waals surface area contributed by atoms with E-state index in [1.54, 1.807) is 12.1 Å². The van der Waals surface area contributed by atoms with E-state index in [0.29, 0.717) is 24.7 Å². The van der Waals surface area contributed by atoms with Crippen molar-refractivity contribution < 1.29 is 18.3 Å². The summed E-state index contributed by atoms with van der Waals surface area (Å²) in [6.45, 7) is 4.84. The second kappa shape index (κ2) is 8.99. The summed E-state index contributed by atoms with van der Waals surface area (Å²) in [6, 6.07) is 15.5. The largest absolute Gasteiger partial charge is 0.493 e. The number of rotatable bonds is 9. The third-order valence-electron chi connectivity index (χ3n) is 3.61. The quantitative estimate of drug-likeness (QED) is 0.718. The lowest BCUT2D eigenvalue weighted by molar-refractivity contribution is 0.169. The van der Waals surface area contributed by atoms with E-state index >= 15 is 0 Å². The van der Waals surface area contributed by atoms with Gasteiger partial charge >= 0.3 is 0 Å². The second-order valence-electron chi connectivity index (χ2n) is 6.29. The summed E-state index contributed by atoms with van der Waals surface area (Å²) in [7, 11) is -3.60. The van der Waals surface area contributed by atoms with Crippen molar-refractivity contribution in [3.05, 3.63) is 60.2 Å². The van der Waals surface area contributed by atoms with Crippen LogP contribution in [-0.4, -0.2) is 26.7 Å². The van der Waals surface area contributed by atoms with Gasteiger partial charge in [-0.15, -0.1) is 0 Å². The number of hydrogen-bond donors (Lipinski definition) is 2. The molecular formula is C19H25NO4S. The highest BCUT2D eigenvalue weighted by atomic mass is 32.2. The van der Waals surface area contributed by atoms with Crippen molar-refractivity contribution in [2.24, 2.45) is 5.92 Å². The zero-order chi connectivity index (χ0) is 18.3. The molecule has 0 aliphatic rings. The van der Waals surface area contributed by atoms with Crippen LogP contribution in [0.15, 0.2) is 59.5 Å². The molecule has 0 aliphatic heterocycles. The predicted molar refractivity (Wildman–Crippen MR) is 98.0 cm³/mol. The number of hydrogen-bond acceptors (Lipinski definition) is 4. The van der Waals surface area contributed by atoms with E-state index in [-0.39, 0.29) is 11.4 Å². The number of aliphatic hydroxyl groups is 1. The van der Waals surface area contributed by atoms with Gasteiger partial charge < -0.3 is 9.84 Å². The topological polar surface area (TPSA) is 75.6 Å². The van der Waals surface area contributed by atoms with Gasteiger partial charge in [0.05, 0.1) is 17.6 Å². The molecule has 0 saturated heterocycles. The van der Waals surface area contributed by atoms with Crippen LogP contribution in [0.1, 0.15) is 31.9 Å². The van der Waals surface area contributed by atoms with Crippen molar-refractivity contribution in [2.45, 2.75) is 31.3 Å². The molecule has 6 heteroatoms. The number of nitrogens with one attached hydrogen (secondary N) is 1. The Morgan fingerprint density at radius 3 is 2.28 bits per heavy atom. The van der Waals surface area contributed by atoms with Crippen molar-refractivity contribution in [1.82, 2.24) is 4.72 Å². The van der Waals surface area contributed by atoms with Gasteiger partial charge in [-0.25, -0.2) is 13.1 Å². The minimum atomic E-state index is -3.60. The summed E-state index contributed by atoms with van der Waals surface area (Å²) in [4.78, 5) is 0.179. The first-order valence-electron chi connectivity index (χ1n) is 8.34. The van der Waals surface area contributed by atoms with E-state index in [0.717, 1.165) is 5.56 Å². The van der Waals surface area contributed by atoms with E-state index in [4.69, 9.17) is 4.74 Å². The van der Waals surface area contributed by atoms with E-state index in [2.05, 4.69) is 4.72 Å². The van der Waals surface area contributed by atoms with Gasteiger partial charge in [-0.1, -0.05) is 44.2 Å². The van der Waals surface area contributed by atoms with Crippen LogP contribution < -0.4 is 9.46 Å². The van der Waals surface area contributed by atoms with E-state index in [1.165, 1.54) is 12.1 Å². The minimum Gasteiger partial charge on any atom is -0.493 e. The number of aliphatic hydroxyl groups excluding tert-OH is 1. The van der Waals surface area contributed by atoms with Gasteiger partial charge in [0.25, 0.3) is 0 Å². The molecule has 0 spiro atoms. The summed E-state index contributed by atoms with van der Waals surface area (Å²) >= 11 is 0. The zero-order valence-corrected chi connectivity index (χ0v) is 15.4. The van der Waals surface area contributed by atoms with Gasteiger partial charge in [0.2, 0.25) is 10.0 Å². The highest BCUT2D eigenvalue weighted by Gasteiger charge is 2.15. The zero-order valence-electron chi connectivity index (χ0n) is 14.6. The monoisotopic (exact) mass is 363 g/mol. The van der Waals surface area contributed by atoms with Crippen LogP contribution in [0.25, 0.3) is 0 Å². The van der Waals surface area contributed by atoms with E-state index < -0.39 is 16.1 Å². The Labute approximate surface area is 149 Å². The van der Waals surface area contributed by atoms with Crippen molar-refractivity contribution in [3.63, 3.8) is 0 Å². The lowest BCUT2D eigenvalue weighted by atomic mass is 10.1. The van der Waals surface area contributed by atoms with Crippen LogP contribution >= 0.6 is 0 Å². The van der Waals surface area contributed by atoms with Crippen molar-refractivity contribution >= 4 is 10.0 Å². The van der Waals surface area contributed by atoms with Gasteiger partial charge in [0.15, 0.2) is 0 Å². The Hall–Kier alpha value is -1.89. The molecule has 0 aliphatic carbocycles. The highest BCUT2D eigenvalue weighted by Crippen LogP contribution is 2.18. The third-order valence-corrected chi connectivity index (χ3v) is 5.09. The third kappa shape index (κ3) is 6.16. The Balaban J connectivity index is 1.88. The molecule has 0 aromatic heterocycles. The average molecular weight is 363 g/mol. The van der Waals surface area contributed by atoms with Gasteiger partial charge in [-0.2, -0.15) is 0 Å². The van der Waals surface area contributed by atoms with Crippen LogP contribution in [0.3, 0.4) is 0 Å². The van der Waals surface area contributed by atoms with Crippen molar-refractivity contribution in [3.8, 4) is 5.75 Å². The van der Waals surface area contributed by atoms with Crippen LogP contribution in [0.4, 0.5) is 0 Å². The normalized spacial score (nSPS) is 13.0. The lowest BCUT2D eigenvalue weighted by Crippen LogP contribution is -2.26. The average Bonchev–Trinajstić information content (AvgIpc) is 2.61. The first-order valence-corrected chi connectivity index (χ1v) is 9.82. The summed E-state index contributed by atoms with van der Waals surface area (Å²) in [5.74, 6) is 1.05. The first kappa shape index (κ1) is 19.4. The van der Waals surface area contributed by atoms with Crippen molar-refractivity contribution in [2.75, 3.05) is 13.2 Å². The summed E-state index contributed by atoms with van der Waals surface area (Å²) in [5.41, 5.74) is 0.772. The molecule has 0 bridgehead atoms. The number of benzene rings is 2. The molecular weight excluding hydrogens is 338 g/mol. The fourth-order valence-corrected chi connectivity index (χ4v) is 3.28. The molecule has 5 nitrogen and oxygen atoms in total. The first-order chi connectivity index (χ1) is 11.9. The molecule has 0 radical (unpaired) electrons. The summed E-state index contributed by atoms with van der Waals surface area (Å²) < 4.78 is 32.7. The standard InChI is InChI=1S/C19H25NO4S/c1-15(2)14-24-17-8-10-18(11-9-17)25(22,23)20-13-12-19(21)16-6-4-3-5-7-16/h3-11,15,19-21H,12-14H2,1-2H3. The molecule has 25 heavy (non-hydrogen) atoms. The van der Waals surface area contributed by atoms with Gasteiger partial charge in [-0.05, 0) is 42.2 Å². The van der Waals surface area contributed by atoms with Crippen molar-refractivity contribution in [1.29, 1.82) is 0 Å². The molecule has 2 aromatic carbocycles. The maximum Gasteiger partial charge on any atom is 0.240 e. The fourth-order valence-electron chi connectivity index (χ4n) is 2.23. The molecule has 136 valence electrons. The molecule has 1 atom stereocenters. The van der Waals surface area contributed by atoms with E-state index in [1.807, 2.05) is 44.2 Å². The van der Waals surface area contributed by atoms with Crippen LogP contribution in [0.5, 0.6) is 5.75 Å². The summed E-state index contributed by atoms with van der Waals surface area (Å²) in [6.07, 6.45) is -0.394. The van der Waals surface area contributed by atoms with Gasteiger partial charge in [0, 0.05) is 6.54 Å². The molecule has 2 aromatic rings. The van der Waals surface area contributed by atoms with Gasteiger partial charge in [0.1, 0.15) is 5.75 Å². The smallest absolute Gasteiger partial charge is 0.240 e. The van der Waals surface area contributed by atoms with E-state index in [9.17, 15) is 13.5 Å². The van der Waals surface area contributed by atoms with Crippen LogP contribution in [-0.2, 0) is 10.0 Å². The molecule has 1 unspecified atom stereocenters. The Kier molecular flexibility index (Phi) is 6.99. The lowest BCUT2D eigenvalue weighted by Gasteiger charge is -2.12.